The van der Waals surface area contributed by atoms with Crippen molar-refractivity contribution in [3.8, 4) is 11.6 Å². The molecule has 0 N–H and O–H groups in total. The third-order valence-electron chi connectivity index (χ3n) is 3.89. The minimum atomic E-state index is -0.0891. The van der Waals surface area contributed by atoms with Crippen molar-refractivity contribution >= 4 is 17.5 Å². The van der Waals surface area contributed by atoms with Crippen molar-refractivity contribution in [3.63, 3.8) is 0 Å². The maximum atomic E-state index is 12.6. The summed E-state index contributed by atoms with van der Waals surface area (Å²) < 4.78 is 11.0. The molecule has 6 nitrogen and oxygen atoms in total. The van der Waals surface area contributed by atoms with E-state index in [1.807, 2.05) is 0 Å². The average Bonchev–Trinajstić information content (AvgIpc) is 2.63. The standard InChI is InChI=1S/C17H18ClN3O3/c1-23-16-5-4-12(9-20-16)17(22)21-8-2-3-13(11-21)24-15-6-7-19-10-14(15)18/h4-7,9-10,13H,2-3,8,11H2,1H3/t13-/m1/s1. The van der Waals surface area contributed by atoms with E-state index < -0.39 is 0 Å². The van der Waals surface area contributed by atoms with Crippen LogP contribution in [0.1, 0.15) is 23.2 Å². The number of ether oxygens (including phenoxy) is 2. The van der Waals surface area contributed by atoms with Crippen LogP contribution in [0.5, 0.6) is 11.6 Å². The fraction of sp³-hybridized carbons (Fsp3) is 0.353. The van der Waals surface area contributed by atoms with Gasteiger partial charge in [0.1, 0.15) is 16.9 Å². The van der Waals surface area contributed by atoms with Gasteiger partial charge in [0.2, 0.25) is 5.88 Å². The van der Waals surface area contributed by atoms with Gasteiger partial charge >= 0.3 is 0 Å². The third-order valence-corrected chi connectivity index (χ3v) is 4.17. The molecule has 2 aromatic heterocycles. The van der Waals surface area contributed by atoms with Gasteiger partial charge in [0.25, 0.3) is 5.91 Å². The molecular formula is C17H18ClN3O3. The van der Waals surface area contributed by atoms with Crippen LogP contribution in [0.15, 0.2) is 36.8 Å². The van der Waals surface area contributed by atoms with Gasteiger partial charge in [-0.25, -0.2) is 4.98 Å². The van der Waals surface area contributed by atoms with Crippen LogP contribution < -0.4 is 9.47 Å². The Morgan fingerprint density at radius 3 is 2.92 bits per heavy atom. The van der Waals surface area contributed by atoms with Crippen LogP contribution in [0.3, 0.4) is 0 Å². The van der Waals surface area contributed by atoms with Crippen molar-refractivity contribution in [2.45, 2.75) is 18.9 Å². The number of hydrogen-bond donors (Lipinski definition) is 0. The molecule has 0 bridgehead atoms. The molecule has 0 aliphatic carbocycles. The van der Waals surface area contributed by atoms with Gasteiger partial charge in [0.15, 0.2) is 0 Å². The summed E-state index contributed by atoms with van der Waals surface area (Å²) in [6.45, 7) is 1.22. The Kier molecular flexibility index (Phi) is 5.15. The first-order valence-electron chi connectivity index (χ1n) is 7.73. The average molecular weight is 348 g/mol. The van der Waals surface area contributed by atoms with Crippen LogP contribution >= 0.6 is 11.6 Å². The summed E-state index contributed by atoms with van der Waals surface area (Å²) in [4.78, 5) is 22.4. The van der Waals surface area contributed by atoms with E-state index >= 15 is 0 Å². The Morgan fingerprint density at radius 1 is 1.33 bits per heavy atom. The van der Waals surface area contributed by atoms with Crippen LogP contribution in [0.4, 0.5) is 0 Å². The van der Waals surface area contributed by atoms with E-state index in [0.29, 0.717) is 35.3 Å². The number of carbonyl (C=O) groups is 1. The molecule has 24 heavy (non-hydrogen) atoms. The van der Waals surface area contributed by atoms with Gasteiger partial charge < -0.3 is 14.4 Å². The molecule has 2 aromatic rings. The fourth-order valence-corrected chi connectivity index (χ4v) is 2.83. The van der Waals surface area contributed by atoms with Crippen LogP contribution in [0, 0.1) is 0 Å². The zero-order valence-electron chi connectivity index (χ0n) is 13.3. The second-order valence-corrected chi connectivity index (χ2v) is 5.94. The number of methoxy groups -OCH3 is 1. The van der Waals surface area contributed by atoms with Gasteiger partial charge in [-0.1, -0.05) is 11.6 Å². The molecule has 3 heterocycles. The molecular weight excluding hydrogens is 330 g/mol. The highest BCUT2D eigenvalue weighted by Gasteiger charge is 2.26. The van der Waals surface area contributed by atoms with E-state index in [1.165, 1.54) is 6.20 Å². The Labute approximate surface area is 145 Å². The zero-order valence-corrected chi connectivity index (χ0v) is 14.1. The number of rotatable bonds is 4. The lowest BCUT2D eigenvalue weighted by Crippen LogP contribution is -2.44. The Morgan fingerprint density at radius 2 is 2.21 bits per heavy atom. The number of pyridine rings is 2. The summed E-state index contributed by atoms with van der Waals surface area (Å²) in [5.74, 6) is 1.02. The van der Waals surface area contributed by atoms with Gasteiger partial charge in [-0.3, -0.25) is 9.78 Å². The summed E-state index contributed by atoms with van der Waals surface area (Å²) in [5.41, 5.74) is 0.540. The minimum absolute atomic E-state index is 0.0562. The molecule has 0 saturated carbocycles. The van der Waals surface area contributed by atoms with Crippen molar-refractivity contribution < 1.29 is 14.3 Å². The molecule has 0 unspecified atom stereocenters. The number of hydrogen-bond acceptors (Lipinski definition) is 5. The number of amides is 1. The van der Waals surface area contributed by atoms with E-state index in [2.05, 4.69) is 9.97 Å². The van der Waals surface area contributed by atoms with Gasteiger partial charge in [0, 0.05) is 37.3 Å². The summed E-state index contributed by atoms with van der Waals surface area (Å²) in [6.07, 6.45) is 6.38. The van der Waals surface area contributed by atoms with Gasteiger partial charge in [0.05, 0.1) is 19.2 Å². The molecule has 0 spiro atoms. The quantitative estimate of drug-likeness (QED) is 0.851. The molecule has 126 valence electrons. The second-order valence-electron chi connectivity index (χ2n) is 5.53. The van der Waals surface area contributed by atoms with E-state index in [1.54, 1.807) is 42.6 Å². The molecule has 0 aromatic carbocycles. The van der Waals surface area contributed by atoms with Crippen LogP contribution in [-0.4, -0.2) is 47.1 Å². The van der Waals surface area contributed by atoms with E-state index in [4.69, 9.17) is 21.1 Å². The number of likely N-dealkylation sites (tertiary alicyclic amines) is 1. The van der Waals surface area contributed by atoms with Gasteiger partial charge in [-0.05, 0) is 18.9 Å². The number of carbonyl (C=O) groups excluding carboxylic acids is 1. The maximum Gasteiger partial charge on any atom is 0.255 e. The van der Waals surface area contributed by atoms with E-state index in [0.717, 1.165) is 12.8 Å². The highest BCUT2D eigenvalue weighted by molar-refractivity contribution is 6.31. The minimum Gasteiger partial charge on any atom is -0.487 e. The molecule has 1 fully saturated rings. The zero-order chi connectivity index (χ0) is 16.9. The monoisotopic (exact) mass is 347 g/mol. The molecule has 1 saturated heterocycles. The maximum absolute atomic E-state index is 12.6. The molecule has 0 radical (unpaired) electrons. The highest BCUT2D eigenvalue weighted by atomic mass is 35.5. The number of piperidine rings is 1. The predicted octanol–water partition coefficient (Wildman–Crippen LogP) is 2.82. The highest BCUT2D eigenvalue weighted by Crippen LogP contribution is 2.26. The van der Waals surface area contributed by atoms with Gasteiger partial charge in [-0.2, -0.15) is 0 Å². The van der Waals surface area contributed by atoms with Crippen molar-refractivity contribution in [2.24, 2.45) is 0 Å². The van der Waals surface area contributed by atoms with Crippen molar-refractivity contribution in [1.29, 1.82) is 0 Å². The van der Waals surface area contributed by atoms with Crippen LogP contribution in [0.25, 0.3) is 0 Å². The largest absolute Gasteiger partial charge is 0.487 e. The third kappa shape index (κ3) is 3.76. The molecule has 1 amide bonds. The summed E-state index contributed by atoms with van der Waals surface area (Å²) in [5, 5.41) is 0.473. The normalized spacial score (nSPS) is 17.4. The fourth-order valence-electron chi connectivity index (χ4n) is 2.67. The van der Waals surface area contributed by atoms with Crippen molar-refractivity contribution in [2.75, 3.05) is 20.2 Å². The SMILES string of the molecule is COc1ccc(C(=O)N2CCC[C@@H](Oc3ccncc3Cl)C2)cn1. The predicted molar refractivity (Wildman–Crippen MR) is 89.6 cm³/mol. The second kappa shape index (κ2) is 7.49. The Bertz CT molecular complexity index is 708. The molecule has 3 rings (SSSR count). The summed E-state index contributed by atoms with van der Waals surface area (Å²) in [6, 6.07) is 5.14. The first-order valence-corrected chi connectivity index (χ1v) is 8.10. The molecule has 1 atom stereocenters. The first kappa shape index (κ1) is 16.5. The molecule has 1 aliphatic heterocycles. The lowest BCUT2D eigenvalue weighted by Gasteiger charge is -2.33. The van der Waals surface area contributed by atoms with Crippen LogP contribution in [0.2, 0.25) is 5.02 Å². The number of nitrogens with zero attached hydrogens (tertiary/aromatic N) is 3. The Hall–Kier alpha value is -2.34. The molecule has 1 aliphatic rings. The van der Waals surface area contributed by atoms with Gasteiger partial charge in [-0.15, -0.1) is 0 Å². The Balaban J connectivity index is 1.66. The summed E-state index contributed by atoms with van der Waals surface area (Å²) >= 11 is 6.08. The number of halogens is 1. The van der Waals surface area contributed by atoms with Crippen LogP contribution in [-0.2, 0) is 0 Å². The summed E-state index contributed by atoms with van der Waals surface area (Å²) in [7, 11) is 1.54. The van der Waals surface area contributed by atoms with Crippen molar-refractivity contribution in [1.82, 2.24) is 14.9 Å². The lowest BCUT2D eigenvalue weighted by atomic mass is 10.1. The van der Waals surface area contributed by atoms with E-state index in [9.17, 15) is 4.79 Å². The topological polar surface area (TPSA) is 64.5 Å². The van der Waals surface area contributed by atoms with Crippen molar-refractivity contribution in [3.05, 3.63) is 47.4 Å². The molecule has 7 heteroatoms. The smallest absolute Gasteiger partial charge is 0.255 e. The lowest BCUT2D eigenvalue weighted by molar-refractivity contribution is 0.0537. The van der Waals surface area contributed by atoms with E-state index in [-0.39, 0.29) is 12.0 Å². The number of aromatic nitrogens is 2. The first-order chi connectivity index (χ1) is 11.7.